The standard InChI is InChI=1S/C15H20O2/c1-15(2,3)14(17)13(16)12-8-7-10-5-4-6-11(10)9-12/h7-9,13,16H,4-6H2,1-3H3. The van der Waals surface area contributed by atoms with Gasteiger partial charge in [-0.05, 0) is 36.0 Å². The molecular weight excluding hydrogens is 212 g/mol. The number of carbonyl (C=O) groups is 1. The average molecular weight is 232 g/mol. The molecule has 2 nitrogen and oxygen atoms in total. The predicted octanol–water partition coefficient (Wildman–Crippen LogP) is 2.82. The number of rotatable bonds is 2. The third-order valence-electron chi connectivity index (χ3n) is 3.43. The van der Waals surface area contributed by atoms with E-state index in [0.717, 1.165) is 18.4 Å². The zero-order valence-electron chi connectivity index (χ0n) is 10.8. The number of hydrogen-bond donors (Lipinski definition) is 1. The van der Waals surface area contributed by atoms with Crippen LogP contribution in [0.1, 0.15) is 50.0 Å². The Morgan fingerprint density at radius 3 is 2.53 bits per heavy atom. The molecule has 0 spiro atoms. The van der Waals surface area contributed by atoms with Crippen molar-refractivity contribution in [2.24, 2.45) is 5.41 Å². The van der Waals surface area contributed by atoms with Crippen molar-refractivity contribution in [1.29, 1.82) is 0 Å². The van der Waals surface area contributed by atoms with Gasteiger partial charge in [-0.2, -0.15) is 0 Å². The van der Waals surface area contributed by atoms with Gasteiger partial charge >= 0.3 is 0 Å². The molecule has 0 saturated heterocycles. The highest BCUT2D eigenvalue weighted by atomic mass is 16.3. The molecule has 1 aliphatic rings. The summed E-state index contributed by atoms with van der Waals surface area (Å²) in [6.07, 6.45) is 2.39. The topological polar surface area (TPSA) is 37.3 Å². The molecule has 0 radical (unpaired) electrons. The van der Waals surface area contributed by atoms with Gasteiger partial charge in [0.05, 0.1) is 0 Å². The molecule has 0 fully saturated rings. The second-order valence-electron chi connectivity index (χ2n) is 5.90. The third kappa shape index (κ3) is 2.42. The van der Waals surface area contributed by atoms with Gasteiger partial charge in [0.15, 0.2) is 5.78 Å². The van der Waals surface area contributed by atoms with E-state index in [1.807, 2.05) is 32.9 Å². The molecule has 0 heterocycles. The van der Waals surface area contributed by atoms with E-state index < -0.39 is 11.5 Å². The molecular formula is C15H20O2. The molecule has 2 rings (SSSR count). The fourth-order valence-electron chi connectivity index (χ4n) is 2.32. The quantitative estimate of drug-likeness (QED) is 0.851. The van der Waals surface area contributed by atoms with E-state index in [4.69, 9.17) is 0 Å². The normalized spacial score (nSPS) is 16.7. The molecule has 1 aliphatic carbocycles. The van der Waals surface area contributed by atoms with E-state index in [9.17, 15) is 9.90 Å². The monoisotopic (exact) mass is 232 g/mol. The van der Waals surface area contributed by atoms with Crippen LogP contribution in [0.2, 0.25) is 0 Å². The minimum absolute atomic E-state index is 0.115. The molecule has 1 aromatic rings. The van der Waals surface area contributed by atoms with Crippen LogP contribution < -0.4 is 0 Å². The molecule has 17 heavy (non-hydrogen) atoms. The summed E-state index contributed by atoms with van der Waals surface area (Å²) in [5.41, 5.74) is 2.90. The highest BCUT2D eigenvalue weighted by Gasteiger charge is 2.29. The van der Waals surface area contributed by atoms with E-state index in [1.165, 1.54) is 17.5 Å². The molecule has 1 N–H and O–H groups in total. The van der Waals surface area contributed by atoms with Gasteiger partial charge in [0, 0.05) is 5.41 Å². The van der Waals surface area contributed by atoms with Crippen LogP contribution in [-0.4, -0.2) is 10.9 Å². The largest absolute Gasteiger partial charge is 0.381 e. The minimum Gasteiger partial charge on any atom is -0.381 e. The second kappa shape index (κ2) is 4.26. The first-order valence-electron chi connectivity index (χ1n) is 6.23. The van der Waals surface area contributed by atoms with Crippen molar-refractivity contribution >= 4 is 5.78 Å². The molecule has 2 heteroatoms. The highest BCUT2D eigenvalue weighted by Crippen LogP contribution is 2.29. The SMILES string of the molecule is CC(C)(C)C(=O)C(O)c1ccc2c(c1)CCC2. The van der Waals surface area contributed by atoms with Crippen LogP contribution in [0.3, 0.4) is 0 Å². The molecule has 1 unspecified atom stereocenters. The number of aliphatic hydroxyl groups is 1. The first-order valence-corrected chi connectivity index (χ1v) is 6.23. The van der Waals surface area contributed by atoms with Crippen molar-refractivity contribution in [2.45, 2.75) is 46.1 Å². The van der Waals surface area contributed by atoms with Crippen LogP contribution in [-0.2, 0) is 17.6 Å². The summed E-state index contributed by atoms with van der Waals surface area (Å²) in [4.78, 5) is 12.0. The Labute approximate surface area is 103 Å². The van der Waals surface area contributed by atoms with Crippen LogP contribution in [0.5, 0.6) is 0 Å². The summed E-state index contributed by atoms with van der Waals surface area (Å²) in [5.74, 6) is -0.115. The van der Waals surface area contributed by atoms with Crippen molar-refractivity contribution in [1.82, 2.24) is 0 Å². The molecule has 0 aromatic heterocycles. The Bertz CT molecular complexity index is 441. The van der Waals surface area contributed by atoms with Crippen LogP contribution in [0, 0.1) is 5.41 Å². The molecule has 0 bridgehead atoms. The van der Waals surface area contributed by atoms with E-state index in [0.29, 0.717) is 0 Å². The van der Waals surface area contributed by atoms with E-state index in [-0.39, 0.29) is 5.78 Å². The number of aliphatic hydroxyl groups excluding tert-OH is 1. The molecule has 1 atom stereocenters. The lowest BCUT2D eigenvalue weighted by Gasteiger charge is -2.21. The molecule has 1 aromatic carbocycles. The number of fused-ring (bicyclic) bond motifs is 1. The summed E-state index contributed by atoms with van der Waals surface area (Å²) >= 11 is 0. The summed E-state index contributed by atoms with van der Waals surface area (Å²) in [6.45, 7) is 5.52. The van der Waals surface area contributed by atoms with Crippen molar-refractivity contribution in [2.75, 3.05) is 0 Å². The maximum atomic E-state index is 12.0. The summed E-state index contributed by atoms with van der Waals surface area (Å²) in [5, 5.41) is 10.1. The van der Waals surface area contributed by atoms with Gasteiger partial charge in [0.2, 0.25) is 0 Å². The first-order chi connectivity index (χ1) is 7.89. The fraction of sp³-hybridized carbons (Fsp3) is 0.533. The number of Topliss-reactive ketones (excluding diaryl/α,β-unsaturated/α-hetero) is 1. The summed E-state index contributed by atoms with van der Waals surface area (Å²) in [7, 11) is 0. The van der Waals surface area contributed by atoms with Crippen molar-refractivity contribution < 1.29 is 9.90 Å². The Morgan fingerprint density at radius 2 is 1.88 bits per heavy atom. The zero-order chi connectivity index (χ0) is 12.6. The van der Waals surface area contributed by atoms with Gasteiger partial charge in [-0.1, -0.05) is 39.0 Å². The Morgan fingerprint density at radius 1 is 1.24 bits per heavy atom. The van der Waals surface area contributed by atoms with Crippen LogP contribution >= 0.6 is 0 Å². The Kier molecular flexibility index (Phi) is 3.09. The fourth-order valence-corrected chi connectivity index (χ4v) is 2.32. The number of hydrogen-bond acceptors (Lipinski definition) is 2. The maximum absolute atomic E-state index is 12.0. The van der Waals surface area contributed by atoms with Gasteiger partial charge in [-0.15, -0.1) is 0 Å². The summed E-state index contributed by atoms with van der Waals surface area (Å²) < 4.78 is 0. The van der Waals surface area contributed by atoms with E-state index in [1.54, 1.807) is 0 Å². The Balaban J connectivity index is 2.26. The van der Waals surface area contributed by atoms with Crippen LogP contribution in [0.15, 0.2) is 18.2 Å². The lowest BCUT2D eigenvalue weighted by molar-refractivity contribution is -0.135. The third-order valence-corrected chi connectivity index (χ3v) is 3.43. The molecule has 0 aliphatic heterocycles. The lowest BCUT2D eigenvalue weighted by Crippen LogP contribution is -2.26. The van der Waals surface area contributed by atoms with Crippen molar-refractivity contribution in [3.8, 4) is 0 Å². The number of aryl methyl sites for hydroxylation is 2. The molecule has 92 valence electrons. The maximum Gasteiger partial charge on any atom is 0.171 e. The van der Waals surface area contributed by atoms with E-state index in [2.05, 4.69) is 6.07 Å². The smallest absolute Gasteiger partial charge is 0.171 e. The Hall–Kier alpha value is -1.15. The van der Waals surface area contributed by atoms with Gasteiger partial charge in [-0.25, -0.2) is 0 Å². The van der Waals surface area contributed by atoms with Gasteiger partial charge in [0.1, 0.15) is 6.10 Å². The minimum atomic E-state index is -0.985. The predicted molar refractivity (Wildman–Crippen MR) is 67.9 cm³/mol. The van der Waals surface area contributed by atoms with E-state index >= 15 is 0 Å². The number of benzene rings is 1. The average Bonchev–Trinajstić information content (AvgIpc) is 2.72. The van der Waals surface area contributed by atoms with Crippen LogP contribution in [0.25, 0.3) is 0 Å². The van der Waals surface area contributed by atoms with Crippen molar-refractivity contribution in [3.63, 3.8) is 0 Å². The highest BCUT2D eigenvalue weighted by molar-refractivity contribution is 5.88. The number of ketones is 1. The van der Waals surface area contributed by atoms with Gasteiger partial charge in [0.25, 0.3) is 0 Å². The zero-order valence-corrected chi connectivity index (χ0v) is 10.8. The molecule has 0 amide bonds. The molecule has 0 saturated carbocycles. The van der Waals surface area contributed by atoms with Gasteiger partial charge in [-0.3, -0.25) is 4.79 Å². The number of carbonyl (C=O) groups excluding carboxylic acids is 1. The lowest BCUT2D eigenvalue weighted by atomic mass is 9.85. The van der Waals surface area contributed by atoms with Crippen molar-refractivity contribution in [3.05, 3.63) is 34.9 Å². The second-order valence-corrected chi connectivity index (χ2v) is 5.90. The summed E-state index contributed by atoms with van der Waals surface area (Å²) in [6, 6.07) is 5.94. The first kappa shape index (κ1) is 12.3. The van der Waals surface area contributed by atoms with Crippen LogP contribution in [0.4, 0.5) is 0 Å². The van der Waals surface area contributed by atoms with Gasteiger partial charge < -0.3 is 5.11 Å².